The number of nitrogens with one attached hydrogen (secondary N) is 1. The molecule has 0 aliphatic heterocycles. The Morgan fingerprint density at radius 2 is 1.93 bits per heavy atom. The van der Waals surface area contributed by atoms with E-state index in [0.717, 1.165) is 24.2 Å². The van der Waals surface area contributed by atoms with Crippen LogP contribution in [0.4, 0.5) is 0 Å². The van der Waals surface area contributed by atoms with Crippen LogP contribution in [0.3, 0.4) is 0 Å². The van der Waals surface area contributed by atoms with E-state index in [2.05, 4.69) is 20.8 Å². The summed E-state index contributed by atoms with van der Waals surface area (Å²) in [6.07, 6.45) is 2.17. The molecule has 1 aliphatic rings. The summed E-state index contributed by atoms with van der Waals surface area (Å²) >= 11 is 0. The fraction of sp³-hybridized carbons (Fsp3) is 0.300. The van der Waals surface area contributed by atoms with Gasteiger partial charge >= 0.3 is 0 Å². The van der Waals surface area contributed by atoms with E-state index in [9.17, 15) is 4.79 Å². The van der Waals surface area contributed by atoms with Gasteiger partial charge in [0, 0.05) is 5.56 Å². The van der Waals surface area contributed by atoms with E-state index in [1.54, 1.807) is 24.3 Å². The average Bonchev–Trinajstić information content (AvgIpc) is 3.43. The predicted molar refractivity (Wildman–Crippen MR) is 99.2 cm³/mol. The number of carbonyl (C=O) groups is 1. The minimum atomic E-state index is -0.262. The molecule has 1 heterocycles. The Labute approximate surface area is 157 Å². The van der Waals surface area contributed by atoms with Crippen molar-refractivity contribution in [1.82, 2.24) is 25.5 Å². The van der Waals surface area contributed by atoms with Gasteiger partial charge in [-0.15, -0.1) is 5.10 Å². The minimum absolute atomic E-state index is 0.164. The van der Waals surface area contributed by atoms with Crippen LogP contribution in [-0.4, -0.2) is 26.1 Å². The number of nitrogens with zero attached hydrogens (tertiary/aromatic N) is 4. The molecule has 1 aromatic heterocycles. The van der Waals surface area contributed by atoms with Crippen LogP contribution >= 0.6 is 0 Å². The fourth-order valence-corrected chi connectivity index (χ4v) is 2.85. The number of benzene rings is 2. The zero-order valence-electron chi connectivity index (χ0n) is 15.1. The number of hydrogen-bond donors (Lipinski definition) is 1. The molecule has 4 rings (SSSR count). The van der Waals surface area contributed by atoms with Gasteiger partial charge in [0.1, 0.15) is 12.4 Å². The highest BCUT2D eigenvalue weighted by Crippen LogP contribution is 2.35. The van der Waals surface area contributed by atoms with Crippen LogP contribution in [0.25, 0.3) is 0 Å². The van der Waals surface area contributed by atoms with Gasteiger partial charge in [0.2, 0.25) is 0 Å². The molecule has 0 radical (unpaired) electrons. The molecule has 1 N–H and O–H groups in total. The standard InChI is InChI=1S/C20H21N5O2/c1-14(19-22-23-24-25(19)17-9-10-17)21-20(26)16-7-11-18(12-8-16)27-13-15-5-3-2-4-6-15/h2-8,11-12,14,17H,9-10,13H2,1H3,(H,21,26)/t14-/m0/s1. The van der Waals surface area contributed by atoms with Gasteiger partial charge in [-0.1, -0.05) is 30.3 Å². The van der Waals surface area contributed by atoms with Crippen LogP contribution in [0, 0.1) is 0 Å². The molecule has 0 bridgehead atoms. The lowest BCUT2D eigenvalue weighted by molar-refractivity contribution is 0.0937. The topological polar surface area (TPSA) is 81.9 Å². The molecule has 1 saturated carbocycles. The van der Waals surface area contributed by atoms with Crippen molar-refractivity contribution in [2.75, 3.05) is 0 Å². The van der Waals surface area contributed by atoms with E-state index in [-0.39, 0.29) is 11.9 Å². The third-order valence-electron chi connectivity index (χ3n) is 4.51. The number of carbonyl (C=O) groups excluding carboxylic acids is 1. The van der Waals surface area contributed by atoms with E-state index in [0.29, 0.717) is 24.0 Å². The third kappa shape index (κ3) is 4.13. The van der Waals surface area contributed by atoms with Crippen LogP contribution in [0.5, 0.6) is 5.75 Å². The van der Waals surface area contributed by atoms with Gasteiger partial charge in [0.15, 0.2) is 5.82 Å². The van der Waals surface area contributed by atoms with Crippen molar-refractivity contribution in [3.8, 4) is 5.75 Å². The minimum Gasteiger partial charge on any atom is -0.489 e. The van der Waals surface area contributed by atoms with Gasteiger partial charge in [0.25, 0.3) is 5.91 Å². The second-order valence-corrected chi connectivity index (χ2v) is 6.71. The zero-order valence-corrected chi connectivity index (χ0v) is 15.1. The van der Waals surface area contributed by atoms with Crippen molar-refractivity contribution < 1.29 is 9.53 Å². The van der Waals surface area contributed by atoms with Crippen molar-refractivity contribution in [2.24, 2.45) is 0 Å². The summed E-state index contributed by atoms with van der Waals surface area (Å²) in [5, 5.41) is 14.8. The Morgan fingerprint density at radius 3 is 2.63 bits per heavy atom. The molecule has 0 saturated heterocycles. The average molecular weight is 363 g/mol. The van der Waals surface area contributed by atoms with Gasteiger partial charge < -0.3 is 10.1 Å². The summed E-state index contributed by atoms with van der Waals surface area (Å²) in [7, 11) is 0. The molecule has 3 aromatic rings. The predicted octanol–water partition coefficient (Wildman–Crippen LogP) is 3.08. The fourth-order valence-electron chi connectivity index (χ4n) is 2.85. The highest BCUT2D eigenvalue weighted by Gasteiger charge is 2.29. The Balaban J connectivity index is 1.35. The van der Waals surface area contributed by atoms with Gasteiger partial charge in [-0.05, 0) is 60.0 Å². The normalized spacial score (nSPS) is 14.6. The molecule has 0 unspecified atom stereocenters. The Bertz CT molecular complexity index is 904. The first-order chi connectivity index (χ1) is 13.2. The van der Waals surface area contributed by atoms with Crippen molar-refractivity contribution in [2.45, 2.75) is 38.5 Å². The van der Waals surface area contributed by atoms with Crippen LogP contribution in [0.15, 0.2) is 54.6 Å². The van der Waals surface area contributed by atoms with Crippen LogP contribution in [0.2, 0.25) is 0 Å². The maximum atomic E-state index is 12.5. The molecule has 27 heavy (non-hydrogen) atoms. The molecule has 7 heteroatoms. The van der Waals surface area contributed by atoms with E-state index in [1.807, 2.05) is 41.9 Å². The number of tetrazole rings is 1. The molecule has 1 fully saturated rings. The highest BCUT2D eigenvalue weighted by molar-refractivity contribution is 5.94. The molecule has 2 aromatic carbocycles. The molecule has 0 spiro atoms. The lowest BCUT2D eigenvalue weighted by Gasteiger charge is -2.14. The molecule has 138 valence electrons. The summed E-state index contributed by atoms with van der Waals surface area (Å²) in [4.78, 5) is 12.5. The molecule has 7 nitrogen and oxygen atoms in total. The lowest BCUT2D eigenvalue weighted by atomic mass is 10.2. The Hall–Kier alpha value is -3.22. The smallest absolute Gasteiger partial charge is 0.251 e. The number of aromatic nitrogens is 4. The number of rotatable bonds is 7. The largest absolute Gasteiger partial charge is 0.489 e. The van der Waals surface area contributed by atoms with E-state index >= 15 is 0 Å². The van der Waals surface area contributed by atoms with Crippen molar-refractivity contribution in [3.63, 3.8) is 0 Å². The molecule has 1 atom stereocenters. The summed E-state index contributed by atoms with van der Waals surface area (Å²) in [6, 6.07) is 17.2. The first kappa shape index (κ1) is 17.2. The van der Waals surface area contributed by atoms with Gasteiger partial charge in [0.05, 0.1) is 12.1 Å². The maximum absolute atomic E-state index is 12.5. The molecule has 1 amide bonds. The van der Waals surface area contributed by atoms with E-state index in [4.69, 9.17) is 4.74 Å². The quantitative estimate of drug-likeness (QED) is 0.698. The molecular weight excluding hydrogens is 342 g/mol. The van der Waals surface area contributed by atoms with Crippen LogP contribution in [0.1, 0.15) is 53.6 Å². The van der Waals surface area contributed by atoms with Gasteiger partial charge in [-0.3, -0.25) is 4.79 Å². The van der Waals surface area contributed by atoms with E-state index in [1.165, 1.54) is 0 Å². The second kappa shape index (κ2) is 7.57. The number of amides is 1. The lowest BCUT2D eigenvalue weighted by Crippen LogP contribution is -2.28. The van der Waals surface area contributed by atoms with Crippen molar-refractivity contribution >= 4 is 5.91 Å². The Morgan fingerprint density at radius 1 is 1.19 bits per heavy atom. The number of hydrogen-bond acceptors (Lipinski definition) is 5. The molecular formula is C20H21N5O2. The van der Waals surface area contributed by atoms with E-state index < -0.39 is 0 Å². The first-order valence-electron chi connectivity index (χ1n) is 9.06. The number of ether oxygens (including phenoxy) is 1. The maximum Gasteiger partial charge on any atom is 0.251 e. The summed E-state index contributed by atoms with van der Waals surface area (Å²) in [5.41, 5.74) is 1.67. The monoisotopic (exact) mass is 363 g/mol. The first-order valence-corrected chi connectivity index (χ1v) is 9.06. The van der Waals surface area contributed by atoms with Crippen molar-refractivity contribution in [1.29, 1.82) is 0 Å². The zero-order chi connectivity index (χ0) is 18.6. The van der Waals surface area contributed by atoms with Crippen LogP contribution in [-0.2, 0) is 6.61 Å². The Kier molecular flexibility index (Phi) is 4.82. The SMILES string of the molecule is C[C@H](NC(=O)c1ccc(OCc2ccccc2)cc1)c1nnnn1C1CC1. The third-order valence-corrected chi connectivity index (χ3v) is 4.51. The van der Waals surface area contributed by atoms with Crippen LogP contribution < -0.4 is 10.1 Å². The van der Waals surface area contributed by atoms with Gasteiger partial charge in [-0.25, -0.2) is 4.68 Å². The molecule has 1 aliphatic carbocycles. The second-order valence-electron chi connectivity index (χ2n) is 6.71. The highest BCUT2D eigenvalue weighted by atomic mass is 16.5. The summed E-state index contributed by atoms with van der Waals surface area (Å²) < 4.78 is 7.57. The van der Waals surface area contributed by atoms with Crippen molar-refractivity contribution in [3.05, 3.63) is 71.5 Å². The summed E-state index contributed by atoms with van der Waals surface area (Å²) in [6.45, 7) is 2.38. The summed E-state index contributed by atoms with van der Waals surface area (Å²) in [5.74, 6) is 1.25. The van der Waals surface area contributed by atoms with Gasteiger partial charge in [-0.2, -0.15) is 0 Å².